The maximum absolute atomic E-state index is 12.0. The van der Waals surface area contributed by atoms with E-state index in [1.807, 2.05) is 0 Å². The Morgan fingerprint density at radius 1 is 1.29 bits per heavy atom. The van der Waals surface area contributed by atoms with E-state index in [9.17, 15) is 4.79 Å². The zero-order chi connectivity index (χ0) is 17.5. The molecule has 1 amide bonds. The lowest BCUT2D eigenvalue weighted by Gasteiger charge is -2.11. The van der Waals surface area contributed by atoms with Crippen molar-refractivity contribution in [2.75, 3.05) is 19.0 Å². The second kappa shape index (κ2) is 8.49. The molecule has 2 rings (SSSR count). The van der Waals surface area contributed by atoms with Crippen LogP contribution < -0.4 is 15.4 Å². The van der Waals surface area contributed by atoms with Gasteiger partial charge in [0, 0.05) is 11.6 Å². The summed E-state index contributed by atoms with van der Waals surface area (Å²) in [5, 5.41) is 6.48. The zero-order valence-electron chi connectivity index (χ0n) is 14.0. The Kier molecular flexibility index (Phi) is 6.37. The molecule has 0 saturated heterocycles. The highest BCUT2D eigenvalue weighted by atomic mass is 35.5. The minimum Gasteiger partial charge on any atom is -0.495 e. The standard InChI is InChI=1S/C17H21ClN4O2/c1-11(2)6-7-19-17(23)14-9-21-16(10-20-14)22-13-8-12(18)4-5-15(13)24-3/h4-5,8-11H,6-7H2,1-3H3,(H,19,23)(H,21,22). The molecule has 0 aliphatic heterocycles. The van der Waals surface area contributed by atoms with Crippen LogP contribution in [0.1, 0.15) is 30.8 Å². The van der Waals surface area contributed by atoms with Gasteiger partial charge in [-0.25, -0.2) is 9.97 Å². The number of methoxy groups -OCH3 is 1. The molecule has 0 spiro atoms. The summed E-state index contributed by atoms with van der Waals surface area (Å²) in [5.41, 5.74) is 0.954. The van der Waals surface area contributed by atoms with Crippen molar-refractivity contribution in [1.82, 2.24) is 15.3 Å². The molecule has 6 nitrogen and oxygen atoms in total. The predicted octanol–water partition coefficient (Wildman–Crippen LogP) is 3.66. The van der Waals surface area contributed by atoms with E-state index >= 15 is 0 Å². The van der Waals surface area contributed by atoms with Gasteiger partial charge in [-0.15, -0.1) is 0 Å². The molecule has 2 aromatic rings. The van der Waals surface area contributed by atoms with Crippen LogP contribution in [0.3, 0.4) is 0 Å². The van der Waals surface area contributed by atoms with Gasteiger partial charge in [0.15, 0.2) is 0 Å². The van der Waals surface area contributed by atoms with Crippen LogP contribution in [-0.2, 0) is 0 Å². The van der Waals surface area contributed by atoms with E-state index in [1.165, 1.54) is 12.4 Å². The normalized spacial score (nSPS) is 10.5. The number of ether oxygens (including phenoxy) is 1. The van der Waals surface area contributed by atoms with Crippen molar-refractivity contribution in [2.45, 2.75) is 20.3 Å². The number of rotatable bonds is 7. The molecule has 0 aliphatic rings. The van der Waals surface area contributed by atoms with E-state index < -0.39 is 0 Å². The lowest BCUT2D eigenvalue weighted by atomic mass is 10.1. The minimum absolute atomic E-state index is 0.227. The van der Waals surface area contributed by atoms with Gasteiger partial charge in [-0.2, -0.15) is 0 Å². The molecule has 7 heteroatoms. The number of hydrogen-bond donors (Lipinski definition) is 2. The van der Waals surface area contributed by atoms with Crippen molar-refractivity contribution in [3.63, 3.8) is 0 Å². The summed E-state index contributed by atoms with van der Waals surface area (Å²) in [4.78, 5) is 20.3. The molecule has 0 saturated carbocycles. The molecular formula is C17H21ClN4O2. The number of nitrogens with zero attached hydrogens (tertiary/aromatic N) is 2. The predicted molar refractivity (Wildman–Crippen MR) is 95.1 cm³/mol. The quantitative estimate of drug-likeness (QED) is 0.798. The van der Waals surface area contributed by atoms with Crippen LogP contribution >= 0.6 is 11.6 Å². The average molecular weight is 349 g/mol. The minimum atomic E-state index is -0.227. The van der Waals surface area contributed by atoms with Gasteiger partial charge in [-0.1, -0.05) is 25.4 Å². The molecule has 1 heterocycles. The largest absolute Gasteiger partial charge is 0.495 e. The molecule has 24 heavy (non-hydrogen) atoms. The van der Waals surface area contributed by atoms with E-state index in [0.29, 0.717) is 34.7 Å². The van der Waals surface area contributed by atoms with Gasteiger partial charge in [0.05, 0.1) is 25.2 Å². The molecule has 0 aliphatic carbocycles. The number of nitrogens with one attached hydrogen (secondary N) is 2. The van der Waals surface area contributed by atoms with Gasteiger partial charge >= 0.3 is 0 Å². The van der Waals surface area contributed by atoms with Crippen LogP contribution in [0.25, 0.3) is 0 Å². The molecule has 0 unspecified atom stereocenters. The van der Waals surface area contributed by atoms with Gasteiger partial charge in [-0.3, -0.25) is 4.79 Å². The third kappa shape index (κ3) is 5.09. The highest BCUT2D eigenvalue weighted by Crippen LogP contribution is 2.29. The molecule has 1 aromatic heterocycles. The Morgan fingerprint density at radius 3 is 2.71 bits per heavy atom. The van der Waals surface area contributed by atoms with Gasteiger partial charge in [-0.05, 0) is 30.5 Å². The Bertz CT molecular complexity index is 689. The summed E-state index contributed by atoms with van der Waals surface area (Å²) in [6, 6.07) is 5.23. The van der Waals surface area contributed by atoms with Crippen molar-refractivity contribution in [3.8, 4) is 5.75 Å². The Balaban J connectivity index is 2.02. The van der Waals surface area contributed by atoms with E-state index in [-0.39, 0.29) is 11.6 Å². The number of aromatic nitrogens is 2. The van der Waals surface area contributed by atoms with E-state index in [2.05, 4.69) is 34.4 Å². The van der Waals surface area contributed by atoms with Crippen molar-refractivity contribution < 1.29 is 9.53 Å². The van der Waals surface area contributed by atoms with Crippen LogP contribution in [-0.4, -0.2) is 29.5 Å². The summed E-state index contributed by atoms with van der Waals surface area (Å²) in [5.74, 6) is 1.44. The maximum atomic E-state index is 12.0. The molecule has 2 N–H and O–H groups in total. The Morgan fingerprint density at radius 2 is 2.08 bits per heavy atom. The van der Waals surface area contributed by atoms with Crippen LogP contribution in [0.2, 0.25) is 5.02 Å². The van der Waals surface area contributed by atoms with Crippen molar-refractivity contribution in [1.29, 1.82) is 0 Å². The van der Waals surface area contributed by atoms with Crippen molar-refractivity contribution >= 4 is 29.0 Å². The fourth-order valence-electron chi connectivity index (χ4n) is 1.99. The smallest absolute Gasteiger partial charge is 0.271 e. The summed E-state index contributed by atoms with van der Waals surface area (Å²) in [7, 11) is 1.57. The van der Waals surface area contributed by atoms with E-state index in [4.69, 9.17) is 16.3 Å². The Hall–Kier alpha value is -2.34. The molecule has 0 fully saturated rings. The number of anilines is 2. The van der Waals surface area contributed by atoms with Crippen molar-refractivity contribution in [3.05, 3.63) is 41.3 Å². The zero-order valence-corrected chi connectivity index (χ0v) is 14.7. The topological polar surface area (TPSA) is 76.1 Å². The molecule has 128 valence electrons. The third-order valence-corrected chi connectivity index (χ3v) is 3.55. The van der Waals surface area contributed by atoms with Crippen LogP contribution in [0.5, 0.6) is 5.75 Å². The number of benzene rings is 1. The fraction of sp³-hybridized carbons (Fsp3) is 0.353. The van der Waals surface area contributed by atoms with Crippen molar-refractivity contribution in [2.24, 2.45) is 5.92 Å². The van der Waals surface area contributed by atoms with E-state index in [0.717, 1.165) is 6.42 Å². The highest BCUT2D eigenvalue weighted by Gasteiger charge is 2.09. The number of hydrogen-bond acceptors (Lipinski definition) is 5. The second-order valence-electron chi connectivity index (χ2n) is 5.69. The first-order chi connectivity index (χ1) is 11.5. The van der Waals surface area contributed by atoms with Gasteiger partial charge in [0.1, 0.15) is 17.3 Å². The summed E-state index contributed by atoms with van der Waals surface area (Å²) in [6.45, 7) is 4.84. The first-order valence-electron chi connectivity index (χ1n) is 7.70. The molecule has 0 radical (unpaired) electrons. The lowest BCUT2D eigenvalue weighted by molar-refractivity contribution is 0.0946. The SMILES string of the molecule is COc1ccc(Cl)cc1Nc1cnc(C(=O)NCCC(C)C)cn1. The maximum Gasteiger partial charge on any atom is 0.271 e. The average Bonchev–Trinajstić information content (AvgIpc) is 2.55. The van der Waals surface area contributed by atoms with Gasteiger partial charge < -0.3 is 15.4 Å². The summed E-state index contributed by atoms with van der Waals surface area (Å²) < 4.78 is 5.26. The van der Waals surface area contributed by atoms with Gasteiger partial charge in [0.2, 0.25) is 0 Å². The first kappa shape index (κ1) is 18.0. The molecular weight excluding hydrogens is 328 g/mol. The number of halogens is 1. The van der Waals surface area contributed by atoms with E-state index in [1.54, 1.807) is 25.3 Å². The third-order valence-electron chi connectivity index (χ3n) is 3.32. The van der Waals surface area contributed by atoms with Gasteiger partial charge in [0.25, 0.3) is 5.91 Å². The number of carbonyl (C=O) groups excluding carboxylic acids is 1. The summed E-state index contributed by atoms with van der Waals surface area (Å²) >= 11 is 5.99. The monoisotopic (exact) mass is 348 g/mol. The summed E-state index contributed by atoms with van der Waals surface area (Å²) in [6.07, 6.45) is 3.86. The molecule has 1 aromatic carbocycles. The molecule has 0 bridgehead atoms. The Labute approximate surface area is 146 Å². The number of amides is 1. The first-order valence-corrected chi connectivity index (χ1v) is 8.08. The van der Waals surface area contributed by atoms with Crippen LogP contribution in [0.4, 0.5) is 11.5 Å². The van der Waals surface area contributed by atoms with Crippen LogP contribution in [0.15, 0.2) is 30.6 Å². The highest BCUT2D eigenvalue weighted by molar-refractivity contribution is 6.31. The lowest BCUT2D eigenvalue weighted by Crippen LogP contribution is -2.26. The fourth-order valence-corrected chi connectivity index (χ4v) is 2.16. The second-order valence-corrected chi connectivity index (χ2v) is 6.13. The number of carbonyl (C=O) groups is 1. The van der Waals surface area contributed by atoms with Crippen LogP contribution in [0, 0.1) is 5.92 Å². The molecule has 0 atom stereocenters.